The van der Waals surface area contributed by atoms with Gasteiger partial charge in [0.2, 0.25) is 0 Å². The van der Waals surface area contributed by atoms with E-state index in [0.717, 1.165) is 32.5 Å². The molecule has 0 aliphatic rings. The van der Waals surface area contributed by atoms with Gasteiger partial charge in [-0.1, -0.05) is 76.5 Å². The highest BCUT2D eigenvalue weighted by molar-refractivity contribution is 7.23. The minimum absolute atomic E-state index is 0.0616. The fourth-order valence-corrected chi connectivity index (χ4v) is 4.77. The van der Waals surface area contributed by atoms with E-state index in [1.807, 2.05) is 75.4 Å². The van der Waals surface area contributed by atoms with Crippen molar-refractivity contribution in [2.75, 3.05) is 4.90 Å². The van der Waals surface area contributed by atoms with E-state index in [-0.39, 0.29) is 5.91 Å². The van der Waals surface area contributed by atoms with E-state index >= 15 is 0 Å². The number of hydrogen-bond acceptors (Lipinski definition) is 3. The van der Waals surface area contributed by atoms with Crippen molar-refractivity contribution < 1.29 is 4.79 Å². The lowest BCUT2D eigenvalue weighted by molar-refractivity contribution is 0.0985. The van der Waals surface area contributed by atoms with Gasteiger partial charge in [0.05, 0.1) is 21.8 Å². The summed E-state index contributed by atoms with van der Waals surface area (Å²) in [6.07, 6.45) is 0. The van der Waals surface area contributed by atoms with Crippen LogP contribution in [0.5, 0.6) is 0 Å². The number of hydrogen-bond donors (Lipinski definition) is 0. The van der Waals surface area contributed by atoms with Crippen LogP contribution in [0.4, 0.5) is 5.13 Å². The van der Waals surface area contributed by atoms with Crippen molar-refractivity contribution in [2.45, 2.75) is 27.3 Å². The van der Waals surface area contributed by atoms with E-state index in [2.05, 4.69) is 6.07 Å². The van der Waals surface area contributed by atoms with Crippen LogP contribution in [0.2, 0.25) is 5.02 Å². The molecule has 1 amide bonds. The number of anilines is 1. The SMILES string of the molecule is Cc1cc(C)cc(C(=O)N(Cc2ccccc2)c2nc3c(C)ccc(Cl)c3s2)c1. The molecule has 0 atom stereocenters. The Bertz CT molecular complexity index is 1140. The Hall–Kier alpha value is -2.69. The van der Waals surface area contributed by atoms with Gasteiger partial charge in [-0.05, 0) is 50.1 Å². The Morgan fingerprint density at radius 2 is 1.69 bits per heavy atom. The smallest absolute Gasteiger partial charge is 0.260 e. The molecule has 146 valence electrons. The zero-order valence-electron chi connectivity index (χ0n) is 16.6. The lowest BCUT2D eigenvalue weighted by atomic mass is 10.1. The zero-order valence-corrected chi connectivity index (χ0v) is 18.1. The fraction of sp³-hybridized carbons (Fsp3) is 0.167. The molecule has 0 radical (unpaired) electrons. The molecule has 0 aliphatic heterocycles. The largest absolute Gasteiger partial charge is 0.279 e. The van der Waals surface area contributed by atoms with Gasteiger partial charge >= 0.3 is 0 Å². The molecule has 1 aromatic heterocycles. The second-order valence-electron chi connectivity index (χ2n) is 7.29. The third kappa shape index (κ3) is 4.04. The van der Waals surface area contributed by atoms with Crippen LogP contribution in [0.15, 0.2) is 60.7 Å². The summed E-state index contributed by atoms with van der Waals surface area (Å²) < 4.78 is 0.910. The van der Waals surface area contributed by atoms with Gasteiger partial charge in [0.15, 0.2) is 5.13 Å². The topological polar surface area (TPSA) is 33.2 Å². The Morgan fingerprint density at radius 3 is 2.34 bits per heavy atom. The van der Waals surface area contributed by atoms with E-state index in [1.54, 1.807) is 4.90 Å². The van der Waals surface area contributed by atoms with E-state index in [9.17, 15) is 4.79 Å². The minimum atomic E-state index is -0.0616. The summed E-state index contributed by atoms with van der Waals surface area (Å²) in [4.78, 5) is 20.1. The van der Waals surface area contributed by atoms with Crippen LogP contribution in [-0.2, 0) is 6.54 Å². The lowest BCUT2D eigenvalue weighted by Crippen LogP contribution is -2.30. The molecule has 0 bridgehead atoms. The van der Waals surface area contributed by atoms with Gasteiger partial charge in [0.25, 0.3) is 5.91 Å². The molecule has 3 nitrogen and oxygen atoms in total. The summed E-state index contributed by atoms with van der Waals surface area (Å²) in [6.45, 7) is 6.47. The van der Waals surface area contributed by atoms with E-state index < -0.39 is 0 Å². The first-order valence-corrected chi connectivity index (χ1v) is 10.6. The van der Waals surface area contributed by atoms with Crippen molar-refractivity contribution in [3.63, 3.8) is 0 Å². The van der Waals surface area contributed by atoms with Gasteiger partial charge < -0.3 is 0 Å². The second-order valence-corrected chi connectivity index (χ2v) is 8.68. The maximum Gasteiger partial charge on any atom is 0.260 e. The highest BCUT2D eigenvalue weighted by Gasteiger charge is 2.23. The van der Waals surface area contributed by atoms with Crippen LogP contribution in [0.3, 0.4) is 0 Å². The molecule has 0 spiro atoms. The Balaban J connectivity index is 1.83. The number of fused-ring (bicyclic) bond motifs is 1. The standard InChI is InChI=1S/C24H21ClN2OS/c1-15-11-16(2)13-19(12-15)23(28)27(14-18-7-5-4-6-8-18)24-26-21-17(3)9-10-20(25)22(21)29-24/h4-13H,14H2,1-3H3. The van der Waals surface area contributed by atoms with Crippen molar-refractivity contribution in [1.29, 1.82) is 0 Å². The average molecular weight is 421 g/mol. The molecule has 4 aromatic rings. The molecule has 0 saturated heterocycles. The molecule has 3 aromatic carbocycles. The van der Waals surface area contributed by atoms with E-state index in [0.29, 0.717) is 22.3 Å². The highest BCUT2D eigenvalue weighted by atomic mass is 35.5. The van der Waals surface area contributed by atoms with Crippen LogP contribution in [0.25, 0.3) is 10.2 Å². The van der Waals surface area contributed by atoms with Crippen LogP contribution in [0, 0.1) is 20.8 Å². The normalized spacial score (nSPS) is 11.0. The second kappa shape index (κ2) is 7.97. The first-order valence-electron chi connectivity index (χ1n) is 9.42. The predicted octanol–water partition coefficient (Wildman–Crippen LogP) is 6.72. The summed E-state index contributed by atoms with van der Waals surface area (Å²) in [5.74, 6) is -0.0616. The molecule has 0 unspecified atom stereocenters. The lowest BCUT2D eigenvalue weighted by Gasteiger charge is -2.20. The molecular formula is C24H21ClN2OS. The van der Waals surface area contributed by atoms with Gasteiger partial charge in [0, 0.05) is 5.56 Å². The number of aromatic nitrogens is 1. The van der Waals surface area contributed by atoms with Crippen LogP contribution in [-0.4, -0.2) is 10.9 Å². The zero-order chi connectivity index (χ0) is 20.5. The third-order valence-corrected chi connectivity index (χ3v) is 6.35. The van der Waals surface area contributed by atoms with Gasteiger partial charge in [-0.3, -0.25) is 9.69 Å². The summed E-state index contributed by atoms with van der Waals surface area (Å²) in [7, 11) is 0. The predicted molar refractivity (Wildman–Crippen MR) is 122 cm³/mol. The van der Waals surface area contributed by atoms with Gasteiger partial charge in [0.1, 0.15) is 0 Å². The van der Waals surface area contributed by atoms with E-state index in [1.165, 1.54) is 11.3 Å². The quantitative estimate of drug-likeness (QED) is 0.367. The number of benzene rings is 3. The maximum atomic E-state index is 13.6. The highest BCUT2D eigenvalue weighted by Crippen LogP contribution is 2.36. The summed E-state index contributed by atoms with van der Waals surface area (Å²) >= 11 is 7.87. The summed E-state index contributed by atoms with van der Waals surface area (Å²) in [5.41, 5.74) is 5.74. The molecule has 0 aliphatic carbocycles. The number of carbonyl (C=O) groups excluding carboxylic acids is 1. The molecule has 0 fully saturated rings. The molecule has 0 N–H and O–H groups in total. The van der Waals surface area contributed by atoms with Gasteiger partial charge in [-0.15, -0.1) is 0 Å². The summed E-state index contributed by atoms with van der Waals surface area (Å²) in [5, 5.41) is 1.32. The van der Waals surface area contributed by atoms with Crippen molar-refractivity contribution in [2.24, 2.45) is 0 Å². The molecule has 0 saturated carbocycles. The van der Waals surface area contributed by atoms with Gasteiger partial charge in [-0.25, -0.2) is 4.98 Å². The van der Waals surface area contributed by atoms with Crippen LogP contribution >= 0.6 is 22.9 Å². The molecule has 4 rings (SSSR count). The number of aryl methyl sites for hydroxylation is 3. The Morgan fingerprint density at radius 1 is 1.00 bits per heavy atom. The number of amides is 1. The molecular weight excluding hydrogens is 400 g/mol. The molecule has 1 heterocycles. The number of thiazole rings is 1. The van der Waals surface area contributed by atoms with Crippen molar-refractivity contribution in [1.82, 2.24) is 4.98 Å². The average Bonchev–Trinajstić information content (AvgIpc) is 3.15. The first kappa shape index (κ1) is 19.6. The third-order valence-electron chi connectivity index (χ3n) is 4.81. The van der Waals surface area contributed by atoms with Gasteiger partial charge in [-0.2, -0.15) is 0 Å². The first-order chi connectivity index (χ1) is 13.9. The Labute approximate surface area is 179 Å². The molecule has 5 heteroatoms. The number of nitrogens with zero attached hydrogens (tertiary/aromatic N) is 2. The monoisotopic (exact) mass is 420 g/mol. The number of carbonyl (C=O) groups is 1. The number of rotatable bonds is 4. The van der Waals surface area contributed by atoms with E-state index in [4.69, 9.17) is 16.6 Å². The van der Waals surface area contributed by atoms with Crippen LogP contribution < -0.4 is 4.90 Å². The fourth-order valence-electron chi connectivity index (χ4n) is 3.45. The Kier molecular flexibility index (Phi) is 5.39. The minimum Gasteiger partial charge on any atom is -0.279 e. The maximum absolute atomic E-state index is 13.6. The summed E-state index contributed by atoms with van der Waals surface area (Å²) in [6, 6.07) is 19.7. The van der Waals surface area contributed by atoms with Crippen molar-refractivity contribution in [3.8, 4) is 0 Å². The van der Waals surface area contributed by atoms with Crippen molar-refractivity contribution >= 4 is 44.2 Å². The van der Waals surface area contributed by atoms with Crippen molar-refractivity contribution in [3.05, 3.63) is 93.5 Å². The molecule has 29 heavy (non-hydrogen) atoms. The number of halogens is 1. The van der Waals surface area contributed by atoms with Crippen LogP contribution in [0.1, 0.15) is 32.6 Å².